The van der Waals surface area contributed by atoms with E-state index in [9.17, 15) is 9.59 Å². The lowest BCUT2D eigenvalue weighted by atomic mass is 9.68. The van der Waals surface area contributed by atoms with E-state index in [-0.39, 0.29) is 24.0 Å². The SMILES string of the molecule is CC1(C)O[C@H]2[C@H]3C[C@@](C)(C[C@H]2O1)C(=O)CCC=CCCCCC(=O)O3. The van der Waals surface area contributed by atoms with Crippen LogP contribution in [0.5, 0.6) is 0 Å². The topological polar surface area (TPSA) is 61.8 Å². The molecule has 3 rings (SSSR count). The van der Waals surface area contributed by atoms with Crippen molar-refractivity contribution in [1.82, 2.24) is 0 Å². The van der Waals surface area contributed by atoms with E-state index in [0.29, 0.717) is 25.7 Å². The second-order valence-electron chi connectivity index (χ2n) is 8.31. The molecule has 0 aromatic carbocycles. The molecule has 0 amide bonds. The van der Waals surface area contributed by atoms with E-state index in [1.165, 1.54) is 0 Å². The van der Waals surface area contributed by atoms with Crippen LogP contribution in [0.25, 0.3) is 0 Å². The van der Waals surface area contributed by atoms with E-state index < -0.39 is 17.3 Å². The maximum absolute atomic E-state index is 12.9. The Bertz CT molecular complexity index is 552. The van der Waals surface area contributed by atoms with E-state index in [1.807, 2.05) is 20.8 Å². The second-order valence-corrected chi connectivity index (χ2v) is 8.31. The van der Waals surface area contributed by atoms with Gasteiger partial charge in [0.15, 0.2) is 5.79 Å². The average Bonchev–Trinajstić information content (AvgIpc) is 2.83. The third-order valence-electron chi connectivity index (χ3n) is 5.55. The molecule has 0 aromatic heterocycles. The van der Waals surface area contributed by atoms with Gasteiger partial charge in [-0.1, -0.05) is 19.1 Å². The molecule has 2 heterocycles. The molecule has 4 atom stereocenters. The third kappa shape index (κ3) is 4.32. The van der Waals surface area contributed by atoms with E-state index >= 15 is 0 Å². The number of hydrogen-bond acceptors (Lipinski definition) is 5. The van der Waals surface area contributed by atoms with Crippen LogP contribution in [0.2, 0.25) is 0 Å². The van der Waals surface area contributed by atoms with Gasteiger partial charge < -0.3 is 14.2 Å². The van der Waals surface area contributed by atoms with Crippen LogP contribution in [0.15, 0.2) is 12.2 Å². The molecule has 140 valence electrons. The number of hydrogen-bond donors (Lipinski definition) is 0. The van der Waals surface area contributed by atoms with Crippen LogP contribution < -0.4 is 0 Å². The number of carbonyl (C=O) groups is 2. The average molecular weight is 350 g/mol. The molecule has 2 bridgehead atoms. The van der Waals surface area contributed by atoms with Gasteiger partial charge in [-0.2, -0.15) is 0 Å². The molecule has 2 fully saturated rings. The molecule has 3 aliphatic rings. The fourth-order valence-electron chi connectivity index (χ4n) is 4.27. The molecule has 1 aliphatic carbocycles. The zero-order valence-electron chi connectivity index (χ0n) is 15.6. The van der Waals surface area contributed by atoms with Gasteiger partial charge in [-0.25, -0.2) is 0 Å². The first-order valence-corrected chi connectivity index (χ1v) is 9.52. The first-order chi connectivity index (χ1) is 11.8. The lowest BCUT2D eigenvalue weighted by molar-refractivity contribution is -0.174. The van der Waals surface area contributed by atoms with Crippen molar-refractivity contribution in [2.75, 3.05) is 0 Å². The number of ether oxygens (including phenoxy) is 3. The number of esters is 1. The highest BCUT2D eigenvalue weighted by atomic mass is 16.8. The van der Waals surface area contributed by atoms with E-state index in [2.05, 4.69) is 12.2 Å². The highest BCUT2D eigenvalue weighted by Gasteiger charge is 2.55. The van der Waals surface area contributed by atoms with Gasteiger partial charge in [0.25, 0.3) is 0 Å². The number of rotatable bonds is 0. The predicted octanol–water partition coefficient (Wildman–Crippen LogP) is 3.70. The lowest BCUT2D eigenvalue weighted by Gasteiger charge is -2.41. The number of allylic oxidation sites excluding steroid dienone is 2. The Kier molecular flexibility index (Phi) is 5.35. The highest BCUT2D eigenvalue weighted by molar-refractivity contribution is 5.85. The molecule has 5 heteroatoms. The summed E-state index contributed by atoms with van der Waals surface area (Å²) in [6.07, 6.45) is 8.87. The molecule has 0 aromatic rings. The minimum absolute atomic E-state index is 0.199. The van der Waals surface area contributed by atoms with Crippen LogP contribution >= 0.6 is 0 Å². The number of ketones is 1. The van der Waals surface area contributed by atoms with Crippen molar-refractivity contribution in [1.29, 1.82) is 0 Å². The van der Waals surface area contributed by atoms with E-state index in [0.717, 1.165) is 25.7 Å². The van der Waals surface area contributed by atoms with Gasteiger partial charge in [-0.15, -0.1) is 0 Å². The van der Waals surface area contributed by atoms with Crippen molar-refractivity contribution in [3.05, 3.63) is 12.2 Å². The van der Waals surface area contributed by atoms with E-state index in [1.54, 1.807) is 0 Å². The Morgan fingerprint density at radius 3 is 2.44 bits per heavy atom. The number of fused-ring (bicyclic) bond motifs is 4. The summed E-state index contributed by atoms with van der Waals surface area (Å²) in [5.41, 5.74) is -0.534. The van der Waals surface area contributed by atoms with Crippen molar-refractivity contribution >= 4 is 11.8 Å². The van der Waals surface area contributed by atoms with Crippen LogP contribution in [-0.4, -0.2) is 35.9 Å². The molecular weight excluding hydrogens is 320 g/mol. The van der Waals surface area contributed by atoms with Gasteiger partial charge in [0.1, 0.15) is 18.0 Å². The van der Waals surface area contributed by atoms with Crippen molar-refractivity contribution < 1.29 is 23.8 Å². The van der Waals surface area contributed by atoms with Crippen LogP contribution in [0.4, 0.5) is 0 Å². The molecule has 0 N–H and O–H groups in total. The van der Waals surface area contributed by atoms with Gasteiger partial charge in [-0.05, 0) is 52.4 Å². The van der Waals surface area contributed by atoms with Gasteiger partial charge >= 0.3 is 5.97 Å². The first-order valence-electron chi connectivity index (χ1n) is 9.52. The fourth-order valence-corrected chi connectivity index (χ4v) is 4.27. The Morgan fingerprint density at radius 2 is 1.64 bits per heavy atom. The molecule has 1 saturated heterocycles. The zero-order valence-corrected chi connectivity index (χ0v) is 15.6. The Labute approximate surface area is 150 Å². The quantitative estimate of drug-likeness (QED) is 0.492. The zero-order chi connectivity index (χ0) is 18.1. The lowest BCUT2D eigenvalue weighted by Crippen LogP contribution is -2.51. The van der Waals surface area contributed by atoms with Crippen LogP contribution in [0, 0.1) is 5.41 Å². The normalized spacial score (nSPS) is 39.4. The van der Waals surface area contributed by atoms with Crippen molar-refractivity contribution in [2.45, 2.75) is 96.2 Å². The standard InChI is InChI=1S/C20H30O5/c1-19(2)24-15-13-20(3)12-14(18(15)25-19)23-17(22)11-9-7-5-4-6-8-10-16(20)21/h4,6,14-15,18H,5,7-13H2,1-3H3/t14-,15-,18+,20+/m1/s1. The smallest absolute Gasteiger partial charge is 0.306 e. The first kappa shape index (κ1) is 18.6. The van der Waals surface area contributed by atoms with E-state index in [4.69, 9.17) is 14.2 Å². The summed E-state index contributed by atoms with van der Waals surface area (Å²) in [4.78, 5) is 25.1. The molecular formula is C20H30O5. The van der Waals surface area contributed by atoms with Gasteiger partial charge in [0, 0.05) is 18.3 Å². The van der Waals surface area contributed by atoms with Crippen molar-refractivity contribution in [3.8, 4) is 0 Å². The maximum atomic E-state index is 12.9. The molecule has 1 saturated carbocycles. The van der Waals surface area contributed by atoms with Gasteiger partial charge in [0.2, 0.25) is 0 Å². The highest BCUT2D eigenvalue weighted by Crippen LogP contribution is 2.46. The summed E-state index contributed by atoms with van der Waals surface area (Å²) < 4.78 is 17.8. The molecule has 0 unspecified atom stereocenters. The van der Waals surface area contributed by atoms with Crippen molar-refractivity contribution in [2.24, 2.45) is 5.41 Å². The predicted molar refractivity (Wildman–Crippen MR) is 92.9 cm³/mol. The molecule has 25 heavy (non-hydrogen) atoms. The Hall–Kier alpha value is -1.20. The monoisotopic (exact) mass is 350 g/mol. The second kappa shape index (κ2) is 7.20. The summed E-state index contributed by atoms with van der Waals surface area (Å²) in [5, 5.41) is 0. The molecule has 5 nitrogen and oxygen atoms in total. The summed E-state index contributed by atoms with van der Waals surface area (Å²) in [6, 6.07) is 0. The number of Topliss-reactive ketones (excluding diaryl/α,β-unsaturated/α-hetero) is 1. The molecule has 0 radical (unpaired) electrons. The Morgan fingerprint density at radius 1 is 0.920 bits per heavy atom. The fraction of sp³-hybridized carbons (Fsp3) is 0.800. The summed E-state index contributed by atoms with van der Waals surface area (Å²) >= 11 is 0. The summed E-state index contributed by atoms with van der Waals surface area (Å²) in [5.74, 6) is -0.684. The van der Waals surface area contributed by atoms with Crippen LogP contribution in [0.3, 0.4) is 0 Å². The van der Waals surface area contributed by atoms with Crippen LogP contribution in [-0.2, 0) is 23.8 Å². The van der Waals surface area contributed by atoms with Gasteiger partial charge in [0.05, 0.1) is 6.10 Å². The minimum atomic E-state index is -0.708. The third-order valence-corrected chi connectivity index (χ3v) is 5.55. The van der Waals surface area contributed by atoms with Gasteiger partial charge in [-0.3, -0.25) is 9.59 Å². The van der Waals surface area contributed by atoms with Crippen molar-refractivity contribution in [3.63, 3.8) is 0 Å². The molecule has 0 spiro atoms. The maximum Gasteiger partial charge on any atom is 0.306 e. The summed E-state index contributed by atoms with van der Waals surface area (Å²) in [7, 11) is 0. The Balaban J connectivity index is 1.83. The summed E-state index contributed by atoms with van der Waals surface area (Å²) in [6.45, 7) is 5.73. The minimum Gasteiger partial charge on any atom is -0.459 e. The van der Waals surface area contributed by atoms with Crippen LogP contribution in [0.1, 0.15) is 72.1 Å². The largest absolute Gasteiger partial charge is 0.459 e. The molecule has 2 aliphatic heterocycles. The number of carbonyl (C=O) groups excluding carboxylic acids is 2.